The fourth-order valence-electron chi connectivity index (χ4n) is 2.88. The number of para-hydroxylation sites is 2. The van der Waals surface area contributed by atoms with Gasteiger partial charge in [-0.25, -0.2) is 9.98 Å². The average molecular weight is 320 g/mol. The number of nitrogens with one attached hydrogen (secondary N) is 2. The fourth-order valence-corrected chi connectivity index (χ4v) is 2.88. The number of aliphatic imine (C=N–C) groups is 1. The highest BCUT2D eigenvalue weighted by Gasteiger charge is 2.24. The second-order valence-corrected chi connectivity index (χ2v) is 5.61. The molecule has 4 rings (SSSR count). The van der Waals surface area contributed by atoms with Gasteiger partial charge in [0.05, 0.1) is 11.0 Å². The zero-order valence-electron chi connectivity index (χ0n) is 13.0. The summed E-state index contributed by atoms with van der Waals surface area (Å²) in [7, 11) is 0. The molecule has 0 saturated heterocycles. The van der Waals surface area contributed by atoms with Gasteiger partial charge in [0.15, 0.2) is 12.1 Å². The average Bonchev–Trinajstić information content (AvgIpc) is 2.92. The van der Waals surface area contributed by atoms with Crippen molar-refractivity contribution in [2.75, 3.05) is 10.6 Å². The number of nitrogens with zero attached hydrogens (tertiary/aromatic N) is 3. The monoisotopic (exact) mass is 320 g/mol. The minimum atomic E-state index is -0.306. The molecule has 0 bridgehead atoms. The van der Waals surface area contributed by atoms with E-state index < -0.39 is 0 Å². The van der Waals surface area contributed by atoms with E-state index >= 15 is 0 Å². The van der Waals surface area contributed by atoms with E-state index in [9.17, 15) is 4.79 Å². The Morgan fingerprint density at radius 2 is 1.96 bits per heavy atom. The summed E-state index contributed by atoms with van der Waals surface area (Å²) in [4.78, 5) is 20.2. The van der Waals surface area contributed by atoms with E-state index in [1.54, 1.807) is 0 Å². The lowest BCUT2D eigenvalue weighted by Crippen LogP contribution is -2.31. The van der Waals surface area contributed by atoms with Gasteiger partial charge in [-0.15, -0.1) is 0 Å². The molecular formula is C17H16N6O. The molecule has 7 nitrogen and oxygen atoms in total. The normalized spacial score (nSPS) is 16.2. The lowest BCUT2D eigenvalue weighted by molar-refractivity contribution is -0.114. The molecule has 1 amide bonds. The SMILES string of the molecule is CC(=O)Nc1ccc([C@@H]2N=C(N)Nc3nc4ccccc4n32)cc1. The number of aromatic nitrogens is 2. The van der Waals surface area contributed by atoms with Crippen LogP contribution >= 0.6 is 0 Å². The number of amides is 1. The maximum absolute atomic E-state index is 11.1. The third kappa shape index (κ3) is 2.36. The van der Waals surface area contributed by atoms with E-state index in [0.29, 0.717) is 11.9 Å². The summed E-state index contributed by atoms with van der Waals surface area (Å²) in [6, 6.07) is 15.4. The van der Waals surface area contributed by atoms with Gasteiger partial charge in [-0.3, -0.25) is 14.7 Å². The van der Waals surface area contributed by atoms with Crippen LogP contribution < -0.4 is 16.4 Å². The molecule has 2 aromatic carbocycles. The number of carbonyl (C=O) groups is 1. The molecule has 3 aromatic rings. The minimum Gasteiger partial charge on any atom is -0.370 e. The second kappa shape index (κ2) is 5.38. The molecule has 120 valence electrons. The number of fused-ring (bicyclic) bond motifs is 3. The minimum absolute atomic E-state index is 0.102. The fraction of sp³-hybridized carbons (Fsp3) is 0.118. The van der Waals surface area contributed by atoms with E-state index in [4.69, 9.17) is 5.73 Å². The van der Waals surface area contributed by atoms with Crippen molar-refractivity contribution in [3.63, 3.8) is 0 Å². The number of guanidine groups is 1. The van der Waals surface area contributed by atoms with Gasteiger partial charge in [0, 0.05) is 12.6 Å². The number of anilines is 2. The number of nitrogens with two attached hydrogens (primary N) is 1. The van der Waals surface area contributed by atoms with Crippen molar-refractivity contribution in [1.29, 1.82) is 0 Å². The van der Waals surface area contributed by atoms with Crippen LogP contribution in [0.4, 0.5) is 11.6 Å². The number of hydrogen-bond donors (Lipinski definition) is 3. The van der Waals surface area contributed by atoms with E-state index in [-0.39, 0.29) is 12.1 Å². The molecule has 0 radical (unpaired) electrons. The van der Waals surface area contributed by atoms with Crippen LogP contribution in [0.1, 0.15) is 18.7 Å². The van der Waals surface area contributed by atoms with E-state index in [1.165, 1.54) is 6.92 Å². The van der Waals surface area contributed by atoms with Gasteiger partial charge in [-0.1, -0.05) is 24.3 Å². The van der Waals surface area contributed by atoms with Crippen LogP contribution in [0.5, 0.6) is 0 Å². The number of benzene rings is 2. The molecule has 1 aliphatic rings. The molecule has 2 heterocycles. The van der Waals surface area contributed by atoms with Crippen LogP contribution in [-0.2, 0) is 4.79 Å². The smallest absolute Gasteiger partial charge is 0.221 e. The molecule has 24 heavy (non-hydrogen) atoms. The first-order valence-corrected chi connectivity index (χ1v) is 7.56. The van der Waals surface area contributed by atoms with Crippen molar-refractivity contribution < 1.29 is 4.79 Å². The summed E-state index contributed by atoms with van der Waals surface area (Å²) in [5, 5.41) is 5.77. The Bertz CT molecular complexity index is 957. The molecule has 0 saturated carbocycles. The van der Waals surface area contributed by atoms with Gasteiger partial charge in [0.2, 0.25) is 11.9 Å². The zero-order chi connectivity index (χ0) is 16.7. The molecule has 1 aliphatic heterocycles. The van der Waals surface area contributed by atoms with Crippen molar-refractivity contribution in [3.05, 3.63) is 54.1 Å². The number of carbonyl (C=O) groups excluding carboxylic acids is 1. The van der Waals surface area contributed by atoms with Crippen LogP contribution in [0.15, 0.2) is 53.5 Å². The van der Waals surface area contributed by atoms with Crippen molar-refractivity contribution >= 4 is 34.5 Å². The summed E-state index contributed by atoms with van der Waals surface area (Å²) in [6.45, 7) is 1.48. The van der Waals surface area contributed by atoms with Gasteiger partial charge < -0.3 is 11.1 Å². The highest BCUT2D eigenvalue weighted by atomic mass is 16.1. The maximum Gasteiger partial charge on any atom is 0.221 e. The highest BCUT2D eigenvalue weighted by Crippen LogP contribution is 2.32. The van der Waals surface area contributed by atoms with Crippen molar-refractivity contribution in [1.82, 2.24) is 9.55 Å². The lowest BCUT2D eigenvalue weighted by atomic mass is 10.1. The lowest BCUT2D eigenvalue weighted by Gasteiger charge is -2.24. The Morgan fingerprint density at radius 3 is 2.71 bits per heavy atom. The molecule has 0 spiro atoms. The van der Waals surface area contributed by atoms with Crippen LogP contribution in [0, 0.1) is 0 Å². The molecule has 0 unspecified atom stereocenters. The number of imidazole rings is 1. The first kappa shape index (κ1) is 14.3. The Hall–Kier alpha value is -3.35. The van der Waals surface area contributed by atoms with Crippen molar-refractivity contribution in [3.8, 4) is 0 Å². The van der Waals surface area contributed by atoms with Crippen molar-refractivity contribution in [2.45, 2.75) is 13.1 Å². The second-order valence-electron chi connectivity index (χ2n) is 5.61. The zero-order valence-corrected chi connectivity index (χ0v) is 13.0. The van der Waals surface area contributed by atoms with E-state index in [0.717, 1.165) is 22.3 Å². The molecule has 1 aromatic heterocycles. The summed E-state index contributed by atoms with van der Waals surface area (Å²) in [5.74, 6) is 0.892. The van der Waals surface area contributed by atoms with Gasteiger partial charge in [0.25, 0.3) is 0 Å². The molecule has 0 aliphatic carbocycles. The van der Waals surface area contributed by atoms with Crippen LogP contribution in [0.25, 0.3) is 11.0 Å². The summed E-state index contributed by atoms with van der Waals surface area (Å²) in [5.41, 5.74) is 9.48. The van der Waals surface area contributed by atoms with Gasteiger partial charge in [0.1, 0.15) is 0 Å². The summed E-state index contributed by atoms with van der Waals surface area (Å²) >= 11 is 0. The first-order chi connectivity index (χ1) is 11.6. The molecule has 0 fully saturated rings. The summed E-state index contributed by atoms with van der Waals surface area (Å²) < 4.78 is 2.01. The molecule has 7 heteroatoms. The summed E-state index contributed by atoms with van der Waals surface area (Å²) in [6.07, 6.45) is -0.306. The standard InChI is InChI=1S/C17H16N6O/c1-10(24)19-12-8-6-11(7-9-12)15-21-16(18)22-17-20-13-4-2-3-5-14(13)23(15)17/h2-9,15H,1H3,(H,19,24)(H3,18,20,21,22)/t15-/m1/s1. The van der Waals surface area contributed by atoms with E-state index in [2.05, 4.69) is 20.6 Å². The predicted octanol–water partition coefficient (Wildman–Crippen LogP) is 2.28. The van der Waals surface area contributed by atoms with Crippen LogP contribution in [0.2, 0.25) is 0 Å². The molecule has 4 N–H and O–H groups in total. The molecular weight excluding hydrogens is 304 g/mol. The predicted molar refractivity (Wildman–Crippen MR) is 93.9 cm³/mol. The van der Waals surface area contributed by atoms with Crippen LogP contribution in [-0.4, -0.2) is 21.4 Å². The Labute approximate surface area is 138 Å². The van der Waals surface area contributed by atoms with Crippen LogP contribution in [0.3, 0.4) is 0 Å². The highest BCUT2D eigenvalue weighted by molar-refractivity contribution is 5.94. The Kier molecular flexibility index (Phi) is 3.19. The molecule has 1 atom stereocenters. The van der Waals surface area contributed by atoms with Crippen molar-refractivity contribution in [2.24, 2.45) is 10.7 Å². The van der Waals surface area contributed by atoms with Gasteiger partial charge >= 0.3 is 0 Å². The number of rotatable bonds is 2. The largest absolute Gasteiger partial charge is 0.370 e. The Balaban J connectivity index is 1.80. The first-order valence-electron chi connectivity index (χ1n) is 7.56. The van der Waals surface area contributed by atoms with Gasteiger partial charge in [-0.2, -0.15) is 0 Å². The quantitative estimate of drug-likeness (QED) is 0.675. The third-order valence-electron chi connectivity index (χ3n) is 3.87. The van der Waals surface area contributed by atoms with Gasteiger partial charge in [-0.05, 0) is 29.8 Å². The van der Waals surface area contributed by atoms with E-state index in [1.807, 2.05) is 53.1 Å². The topological polar surface area (TPSA) is 97.3 Å². The third-order valence-corrected chi connectivity index (χ3v) is 3.87. The maximum atomic E-state index is 11.1. The Morgan fingerprint density at radius 1 is 1.21 bits per heavy atom. The number of hydrogen-bond acceptors (Lipinski definition) is 5.